The minimum Gasteiger partial charge on any atom is -0.322 e. The smallest absolute Gasteiger partial charge is 0.255 e. The molecule has 6 heteroatoms. The predicted octanol–water partition coefficient (Wildman–Crippen LogP) is 7.26. The lowest BCUT2D eigenvalue weighted by Gasteiger charge is -2.09. The van der Waals surface area contributed by atoms with Crippen LogP contribution in [-0.4, -0.2) is 11.8 Å². The number of carbonyl (C=O) groups is 2. The molecule has 4 aromatic carbocycles. The molecule has 4 aromatic rings. The van der Waals surface area contributed by atoms with E-state index in [1.165, 1.54) is 0 Å². The monoisotopic (exact) mass is 502 g/mol. The van der Waals surface area contributed by atoms with E-state index < -0.39 is 0 Å². The summed E-state index contributed by atoms with van der Waals surface area (Å²) >= 11 is 11.6. The molecule has 0 unspecified atom stereocenters. The van der Waals surface area contributed by atoms with E-state index >= 15 is 0 Å². The molecule has 0 aliphatic heterocycles. The summed E-state index contributed by atoms with van der Waals surface area (Å²) in [5.74, 6) is 0.521. The normalized spacial score (nSPS) is 10.6. The summed E-state index contributed by atoms with van der Waals surface area (Å²) in [5.41, 5.74) is 6.82. The van der Waals surface area contributed by atoms with Crippen LogP contribution < -0.4 is 10.6 Å². The van der Waals surface area contributed by atoms with Gasteiger partial charge in [-0.25, -0.2) is 0 Å². The largest absolute Gasteiger partial charge is 0.322 e. The molecule has 2 N–H and O–H groups in total. The van der Waals surface area contributed by atoms with E-state index in [2.05, 4.69) is 10.6 Å². The molecule has 0 saturated heterocycles. The second-order valence-corrected chi connectivity index (χ2v) is 8.67. The van der Waals surface area contributed by atoms with Crippen LogP contribution in [0.2, 0.25) is 0 Å². The average molecular weight is 503 g/mol. The Morgan fingerprint density at radius 2 is 0.800 bits per heavy atom. The molecule has 0 fully saturated rings. The summed E-state index contributed by atoms with van der Waals surface area (Å²) in [6, 6.07) is 30.0. The Labute approximate surface area is 214 Å². The zero-order chi connectivity index (χ0) is 24.6. The molecule has 0 bridgehead atoms. The molecule has 0 saturated carbocycles. The molecule has 0 radical (unpaired) electrons. The number of anilines is 2. The van der Waals surface area contributed by atoms with Crippen LogP contribution in [-0.2, 0) is 18.2 Å². The summed E-state index contributed by atoms with van der Waals surface area (Å²) < 4.78 is 0. The third-order valence-corrected chi connectivity index (χ3v) is 6.19. The van der Waals surface area contributed by atoms with E-state index in [9.17, 15) is 9.59 Å². The van der Waals surface area contributed by atoms with Crippen molar-refractivity contribution in [2.45, 2.75) is 18.2 Å². The van der Waals surface area contributed by atoms with Crippen molar-refractivity contribution >= 4 is 46.4 Å². The maximum absolute atomic E-state index is 12.4. The molecule has 2 amide bonds. The second kappa shape index (κ2) is 11.7. The van der Waals surface area contributed by atoms with E-state index in [4.69, 9.17) is 23.2 Å². The SMILES string of the molecule is O=C(Nc1ccc(Cc2ccc(NC(=O)c3ccc(CCl)cc3)cc2)cc1)c1ccc(CCl)cc1. The number of amides is 2. The molecular formula is C29H24Cl2N2O2. The predicted molar refractivity (Wildman–Crippen MR) is 144 cm³/mol. The first-order chi connectivity index (χ1) is 17.0. The van der Waals surface area contributed by atoms with Crippen molar-refractivity contribution in [2.75, 3.05) is 10.6 Å². The number of nitrogens with one attached hydrogen (secondary N) is 2. The lowest BCUT2D eigenvalue weighted by atomic mass is 10.0. The third kappa shape index (κ3) is 6.72. The maximum atomic E-state index is 12.4. The van der Waals surface area contributed by atoms with E-state index in [0.717, 1.165) is 40.0 Å². The molecule has 0 aromatic heterocycles. The van der Waals surface area contributed by atoms with Crippen LogP contribution in [0.5, 0.6) is 0 Å². The number of halogens is 2. The minimum absolute atomic E-state index is 0.161. The standard InChI is InChI=1S/C29H24Cl2N2O2/c30-18-22-1-9-24(10-2-22)28(34)32-26-13-5-20(6-14-26)17-21-7-15-27(16-8-21)33-29(35)25-11-3-23(19-31)4-12-25/h1-16H,17-19H2,(H,32,34)(H,33,35). The van der Waals surface area contributed by atoms with Crippen molar-refractivity contribution in [1.82, 2.24) is 0 Å². The number of carbonyl (C=O) groups excluding carboxylic acids is 2. The molecule has 35 heavy (non-hydrogen) atoms. The Morgan fingerprint density at radius 1 is 0.486 bits per heavy atom. The molecule has 0 heterocycles. The fraction of sp³-hybridized carbons (Fsp3) is 0.103. The van der Waals surface area contributed by atoms with Gasteiger partial charge in [-0.15, -0.1) is 23.2 Å². The van der Waals surface area contributed by atoms with E-state index in [-0.39, 0.29) is 11.8 Å². The van der Waals surface area contributed by atoms with Gasteiger partial charge < -0.3 is 10.6 Å². The molecule has 4 rings (SSSR count). The van der Waals surface area contributed by atoms with Crippen LogP contribution in [0, 0.1) is 0 Å². The third-order valence-electron chi connectivity index (χ3n) is 5.57. The Bertz CT molecular complexity index is 1180. The number of rotatable bonds is 8. The first-order valence-electron chi connectivity index (χ1n) is 11.1. The Kier molecular flexibility index (Phi) is 8.19. The Hall–Kier alpha value is -3.60. The van der Waals surface area contributed by atoms with Crippen LogP contribution in [0.4, 0.5) is 11.4 Å². The van der Waals surface area contributed by atoms with Gasteiger partial charge in [-0.3, -0.25) is 9.59 Å². The summed E-state index contributed by atoms with van der Waals surface area (Å²) in [6.07, 6.45) is 0.738. The van der Waals surface area contributed by atoms with Gasteiger partial charge in [0.25, 0.3) is 11.8 Å². The van der Waals surface area contributed by atoms with Gasteiger partial charge >= 0.3 is 0 Å². The van der Waals surface area contributed by atoms with Crippen molar-refractivity contribution < 1.29 is 9.59 Å². The summed E-state index contributed by atoms with van der Waals surface area (Å²) in [4.78, 5) is 24.9. The number of benzene rings is 4. The van der Waals surface area contributed by atoms with Gasteiger partial charge in [-0.1, -0.05) is 48.5 Å². The van der Waals surface area contributed by atoms with Crippen LogP contribution in [0.3, 0.4) is 0 Å². The van der Waals surface area contributed by atoms with Crippen LogP contribution >= 0.6 is 23.2 Å². The molecule has 4 nitrogen and oxygen atoms in total. The van der Waals surface area contributed by atoms with Crippen molar-refractivity contribution in [3.63, 3.8) is 0 Å². The fourth-order valence-electron chi connectivity index (χ4n) is 3.54. The van der Waals surface area contributed by atoms with Crippen molar-refractivity contribution in [1.29, 1.82) is 0 Å². The number of hydrogen-bond acceptors (Lipinski definition) is 2. The lowest BCUT2D eigenvalue weighted by molar-refractivity contribution is 0.101. The molecule has 0 atom stereocenters. The highest BCUT2D eigenvalue weighted by Gasteiger charge is 2.08. The highest BCUT2D eigenvalue weighted by atomic mass is 35.5. The van der Waals surface area contributed by atoms with Crippen molar-refractivity contribution in [3.8, 4) is 0 Å². The van der Waals surface area contributed by atoms with Crippen LogP contribution in [0.1, 0.15) is 43.0 Å². The highest BCUT2D eigenvalue weighted by Crippen LogP contribution is 2.18. The van der Waals surface area contributed by atoms with Gasteiger partial charge in [-0.05, 0) is 77.2 Å². The fourth-order valence-corrected chi connectivity index (χ4v) is 3.90. The van der Waals surface area contributed by atoms with Crippen LogP contribution in [0.15, 0.2) is 97.1 Å². The average Bonchev–Trinajstić information content (AvgIpc) is 2.91. The van der Waals surface area contributed by atoms with Crippen LogP contribution in [0.25, 0.3) is 0 Å². The number of alkyl halides is 2. The summed E-state index contributed by atoms with van der Waals surface area (Å²) in [5, 5.41) is 5.83. The molecule has 0 aliphatic carbocycles. The van der Waals surface area contributed by atoms with Crippen molar-refractivity contribution in [3.05, 3.63) is 130 Å². The van der Waals surface area contributed by atoms with Gasteiger partial charge in [-0.2, -0.15) is 0 Å². The zero-order valence-electron chi connectivity index (χ0n) is 18.9. The van der Waals surface area contributed by atoms with Gasteiger partial charge in [0.15, 0.2) is 0 Å². The Balaban J connectivity index is 1.31. The first-order valence-corrected chi connectivity index (χ1v) is 12.2. The highest BCUT2D eigenvalue weighted by molar-refractivity contribution is 6.17. The number of hydrogen-bond donors (Lipinski definition) is 2. The van der Waals surface area contributed by atoms with Gasteiger partial charge in [0.2, 0.25) is 0 Å². The van der Waals surface area contributed by atoms with Gasteiger partial charge in [0, 0.05) is 34.3 Å². The van der Waals surface area contributed by atoms with E-state index in [1.807, 2.05) is 72.8 Å². The molecular weight excluding hydrogens is 479 g/mol. The van der Waals surface area contributed by atoms with Gasteiger partial charge in [0.1, 0.15) is 0 Å². The maximum Gasteiger partial charge on any atom is 0.255 e. The van der Waals surface area contributed by atoms with E-state index in [1.54, 1.807) is 24.3 Å². The van der Waals surface area contributed by atoms with Crippen molar-refractivity contribution in [2.24, 2.45) is 0 Å². The van der Waals surface area contributed by atoms with Gasteiger partial charge in [0.05, 0.1) is 0 Å². The summed E-state index contributed by atoms with van der Waals surface area (Å²) in [6.45, 7) is 0. The summed E-state index contributed by atoms with van der Waals surface area (Å²) in [7, 11) is 0. The lowest BCUT2D eigenvalue weighted by Crippen LogP contribution is -2.12. The Morgan fingerprint density at radius 3 is 1.11 bits per heavy atom. The molecule has 0 aliphatic rings. The molecule has 176 valence electrons. The first kappa shape index (κ1) is 24.5. The quantitative estimate of drug-likeness (QED) is 0.249. The topological polar surface area (TPSA) is 58.2 Å². The van der Waals surface area contributed by atoms with E-state index in [0.29, 0.717) is 22.9 Å². The molecule has 0 spiro atoms. The minimum atomic E-state index is -0.161. The zero-order valence-corrected chi connectivity index (χ0v) is 20.4. The second-order valence-electron chi connectivity index (χ2n) is 8.14.